The minimum absolute atomic E-state index is 0.313. The van der Waals surface area contributed by atoms with Crippen LogP contribution < -0.4 is 10.5 Å². The lowest BCUT2D eigenvalue weighted by molar-refractivity contribution is 0.286. The van der Waals surface area contributed by atoms with Gasteiger partial charge in [-0.3, -0.25) is 0 Å². The number of ether oxygens (including phenoxy) is 1. The molecule has 3 aromatic rings. The molecule has 22 heavy (non-hydrogen) atoms. The van der Waals surface area contributed by atoms with E-state index in [1.54, 1.807) is 6.33 Å². The standard InChI is InChI=1S/C16H19N5O/c1-2-3-9-22-16-19-14(17)13-15(20-16)21(11-18-13)10-12-7-5-4-6-8-12/h4-8,11H,2-3,9-10H2,1H3,(H2,17,19,20). The maximum absolute atomic E-state index is 5.96. The lowest BCUT2D eigenvalue weighted by atomic mass is 10.2. The van der Waals surface area contributed by atoms with Crippen LogP contribution in [0.4, 0.5) is 5.82 Å². The molecule has 0 atom stereocenters. The lowest BCUT2D eigenvalue weighted by Gasteiger charge is -2.07. The normalized spacial score (nSPS) is 11.0. The maximum Gasteiger partial charge on any atom is 0.320 e. The lowest BCUT2D eigenvalue weighted by Crippen LogP contribution is -2.05. The van der Waals surface area contributed by atoms with Crippen molar-refractivity contribution in [1.29, 1.82) is 0 Å². The Bertz CT molecular complexity index is 754. The Balaban J connectivity index is 1.90. The van der Waals surface area contributed by atoms with Crippen molar-refractivity contribution >= 4 is 17.0 Å². The number of nitrogens with two attached hydrogens (primary N) is 1. The Labute approximate surface area is 129 Å². The highest BCUT2D eigenvalue weighted by Crippen LogP contribution is 2.20. The number of nitrogen functional groups attached to an aromatic ring is 1. The predicted molar refractivity (Wildman–Crippen MR) is 85.7 cm³/mol. The molecule has 6 heteroatoms. The molecule has 2 aromatic heterocycles. The first-order valence-electron chi connectivity index (χ1n) is 7.43. The van der Waals surface area contributed by atoms with Gasteiger partial charge in [0.1, 0.15) is 0 Å². The minimum atomic E-state index is 0.313. The Morgan fingerprint density at radius 2 is 2.00 bits per heavy atom. The first-order valence-corrected chi connectivity index (χ1v) is 7.43. The Kier molecular flexibility index (Phi) is 4.18. The van der Waals surface area contributed by atoms with Gasteiger partial charge in [-0.2, -0.15) is 9.97 Å². The molecule has 0 saturated heterocycles. The van der Waals surface area contributed by atoms with E-state index in [9.17, 15) is 0 Å². The molecule has 0 radical (unpaired) electrons. The number of anilines is 1. The quantitative estimate of drug-likeness (QED) is 0.708. The van der Waals surface area contributed by atoms with Crippen LogP contribution in [0.15, 0.2) is 36.7 Å². The van der Waals surface area contributed by atoms with Crippen molar-refractivity contribution in [2.45, 2.75) is 26.3 Å². The van der Waals surface area contributed by atoms with E-state index in [2.05, 4.69) is 34.0 Å². The second kappa shape index (κ2) is 6.43. The second-order valence-electron chi connectivity index (χ2n) is 5.12. The van der Waals surface area contributed by atoms with Gasteiger partial charge in [0.15, 0.2) is 17.0 Å². The monoisotopic (exact) mass is 297 g/mol. The zero-order valence-corrected chi connectivity index (χ0v) is 12.6. The van der Waals surface area contributed by atoms with E-state index < -0.39 is 0 Å². The number of fused-ring (bicyclic) bond motifs is 1. The van der Waals surface area contributed by atoms with Crippen molar-refractivity contribution in [1.82, 2.24) is 19.5 Å². The number of rotatable bonds is 6. The van der Waals surface area contributed by atoms with E-state index in [0.29, 0.717) is 36.1 Å². The molecule has 0 aliphatic carbocycles. The molecule has 6 nitrogen and oxygen atoms in total. The van der Waals surface area contributed by atoms with Crippen molar-refractivity contribution in [2.24, 2.45) is 0 Å². The van der Waals surface area contributed by atoms with Crippen molar-refractivity contribution in [3.8, 4) is 6.01 Å². The molecule has 0 fully saturated rings. The van der Waals surface area contributed by atoms with E-state index in [4.69, 9.17) is 10.5 Å². The van der Waals surface area contributed by atoms with Gasteiger partial charge in [0, 0.05) is 0 Å². The molecule has 0 saturated carbocycles. The molecular formula is C16H19N5O. The van der Waals surface area contributed by atoms with E-state index in [1.807, 2.05) is 22.8 Å². The van der Waals surface area contributed by atoms with Gasteiger partial charge >= 0.3 is 6.01 Å². The summed E-state index contributed by atoms with van der Waals surface area (Å²) in [5, 5.41) is 0. The predicted octanol–water partition coefficient (Wildman–Crippen LogP) is 2.64. The summed E-state index contributed by atoms with van der Waals surface area (Å²) < 4.78 is 7.52. The topological polar surface area (TPSA) is 78.9 Å². The molecule has 1 aromatic carbocycles. The van der Waals surface area contributed by atoms with Crippen LogP contribution in [-0.2, 0) is 6.54 Å². The summed E-state index contributed by atoms with van der Waals surface area (Å²) in [6.45, 7) is 3.38. The molecule has 0 unspecified atom stereocenters. The average molecular weight is 297 g/mol. The van der Waals surface area contributed by atoms with Gasteiger partial charge < -0.3 is 15.0 Å². The zero-order valence-electron chi connectivity index (χ0n) is 12.6. The molecule has 3 rings (SSSR count). The molecule has 2 heterocycles. The van der Waals surface area contributed by atoms with Gasteiger partial charge in [0.2, 0.25) is 0 Å². The van der Waals surface area contributed by atoms with Crippen molar-refractivity contribution in [3.05, 3.63) is 42.2 Å². The number of hydrogen-bond acceptors (Lipinski definition) is 5. The van der Waals surface area contributed by atoms with Crippen LogP contribution in [0.1, 0.15) is 25.3 Å². The minimum Gasteiger partial charge on any atom is -0.463 e. The maximum atomic E-state index is 5.96. The van der Waals surface area contributed by atoms with Crippen LogP contribution in [0.25, 0.3) is 11.2 Å². The van der Waals surface area contributed by atoms with E-state index in [1.165, 1.54) is 5.56 Å². The summed E-state index contributed by atoms with van der Waals surface area (Å²) in [6.07, 6.45) is 3.76. The largest absolute Gasteiger partial charge is 0.463 e. The highest BCUT2D eigenvalue weighted by Gasteiger charge is 2.12. The van der Waals surface area contributed by atoms with E-state index >= 15 is 0 Å². The van der Waals surface area contributed by atoms with Gasteiger partial charge in [-0.05, 0) is 12.0 Å². The Morgan fingerprint density at radius 1 is 1.18 bits per heavy atom. The molecule has 0 bridgehead atoms. The van der Waals surface area contributed by atoms with Crippen LogP contribution in [0.5, 0.6) is 6.01 Å². The van der Waals surface area contributed by atoms with Gasteiger partial charge in [-0.1, -0.05) is 43.7 Å². The summed E-state index contributed by atoms with van der Waals surface area (Å²) >= 11 is 0. The molecule has 0 amide bonds. The van der Waals surface area contributed by atoms with Crippen LogP contribution in [0, 0.1) is 0 Å². The number of aromatic nitrogens is 4. The first kappa shape index (κ1) is 14.3. The van der Waals surface area contributed by atoms with Gasteiger partial charge in [-0.15, -0.1) is 0 Å². The SMILES string of the molecule is CCCCOc1nc(N)c2ncn(Cc3ccccc3)c2n1. The summed E-state index contributed by atoms with van der Waals surface area (Å²) in [7, 11) is 0. The van der Waals surface area contributed by atoms with Crippen molar-refractivity contribution in [2.75, 3.05) is 12.3 Å². The summed E-state index contributed by atoms with van der Waals surface area (Å²) in [4.78, 5) is 12.9. The second-order valence-corrected chi connectivity index (χ2v) is 5.12. The third-order valence-electron chi connectivity index (χ3n) is 3.40. The average Bonchev–Trinajstić information content (AvgIpc) is 2.92. The molecule has 2 N–H and O–H groups in total. The Morgan fingerprint density at radius 3 is 2.77 bits per heavy atom. The van der Waals surface area contributed by atoms with Crippen LogP contribution in [-0.4, -0.2) is 26.1 Å². The van der Waals surface area contributed by atoms with Gasteiger partial charge in [-0.25, -0.2) is 4.98 Å². The van der Waals surface area contributed by atoms with Crippen LogP contribution in [0.2, 0.25) is 0 Å². The fraction of sp³-hybridized carbons (Fsp3) is 0.312. The molecular weight excluding hydrogens is 278 g/mol. The smallest absolute Gasteiger partial charge is 0.320 e. The number of hydrogen-bond donors (Lipinski definition) is 1. The highest BCUT2D eigenvalue weighted by molar-refractivity contribution is 5.81. The zero-order chi connectivity index (χ0) is 15.4. The molecule has 0 aliphatic rings. The molecule has 0 spiro atoms. The van der Waals surface area contributed by atoms with Crippen LogP contribution in [0.3, 0.4) is 0 Å². The summed E-state index contributed by atoms with van der Waals surface area (Å²) in [6, 6.07) is 10.5. The number of nitrogens with zero attached hydrogens (tertiary/aromatic N) is 4. The number of unbranched alkanes of at least 4 members (excludes halogenated alkanes) is 1. The molecule has 114 valence electrons. The number of benzene rings is 1. The van der Waals surface area contributed by atoms with Gasteiger partial charge in [0.05, 0.1) is 19.5 Å². The van der Waals surface area contributed by atoms with E-state index in [-0.39, 0.29) is 0 Å². The third-order valence-corrected chi connectivity index (χ3v) is 3.40. The fourth-order valence-corrected chi connectivity index (χ4v) is 2.21. The summed E-state index contributed by atoms with van der Waals surface area (Å²) in [5.41, 5.74) is 8.44. The summed E-state index contributed by atoms with van der Waals surface area (Å²) in [5.74, 6) is 0.350. The third kappa shape index (κ3) is 3.00. The first-order chi connectivity index (χ1) is 10.8. The van der Waals surface area contributed by atoms with Crippen molar-refractivity contribution in [3.63, 3.8) is 0 Å². The van der Waals surface area contributed by atoms with Crippen molar-refractivity contribution < 1.29 is 4.74 Å². The fourth-order valence-electron chi connectivity index (χ4n) is 2.21. The van der Waals surface area contributed by atoms with E-state index in [0.717, 1.165) is 12.8 Å². The molecule has 0 aliphatic heterocycles. The van der Waals surface area contributed by atoms with Gasteiger partial charge in [0.25, 0.3) is 0 Å². The highest BCUT2D eigenvalue weighted by atomic mass is 16.5. The number of imidazole rings is 1. The van der Waals surface area contributed by atoms with Crippen LogP contribution >= 0.6 is 0 Å². The Hall–Kier alpha value is -2.63.